The Morgan fingerprint density at radius 1 is 1.00 bits per heavy atom. The number of aromatic carboxylic acids is 1. The number of carboxylic acids is 1. The molecule has 0 aromatic heterocycles. The van der Waals surface area contributed by atoms with Gasteiger partial charge >= 0.3 is 11.9 Å². The fourth-order valence-electron chi connectivity index (χ4n) is 4.28. The summed E-state index contributed by atoms with van der Waals surface area (Å²) in [5.74, 6) is -1.23. The fraction of sp³-hybridized carbons (Fsp3) is 0.286. The Morgan fingerprint density at radius 3 is 2.55 bits per heavy atom. The zero-order valence-electron chi connectivity index (χ0n) is 19.3. The average Bonchev–Trinajstić information content (AvgIpc) is 2.78. The van der Waals surface area contributed by atoms with E-state index in [0.29, 0.717) is 17.7 Å². The van der Waals surface area contributed by atoms with Crippen molar-refractivity contribution in [1.29, 1.82) is 0 Å². The number of carbonyl (C=O) groups excluding carboxylic acids is 1. The molecule has 0 spiro atoms. The summed E-state index contributed by atoms with van der Waals surface area (Å²) < 4.78 is 5.61. The maximum Gasteiger partial charge on any atom is 0.339 e. The first-order chi connectivity index (χ1) is 15.7. The maximum atomic E-state index is 12.8. The Morgan fingerprint density at radius 2 is 1.79 bits per heavy atom. The molecule has 0 unspecified atom stereocenters. The summed E-state index contributed by atoms with van der Waals surface area (Å²) >= 11 is 0. The minimum Gasteiger partial charge on any atom is -0.478 e. The normalized spacial score (nSPS) is 13.4. The molecule has 33 heavy (non-hydrogen) atoms. The Labute approximate surface area is 194 Å². The van der Waals surface area contributed by atoms with Gasteiger partial charge < -0.3 is 14.7 Å². The molecular formula is C28H29NO4. The van der Waals surface area contributed by atoms with Gasteiger partial charge in [-0.05, 0) is 86.2 Å². The lowest BCUT2D eigenvalue weighted by atomic mass is 9.96. The molecule has 170 valence electrons. The number of rotatable bonds is 5. The number of carbonyl (C=O) groups is 2. The van der Waals surface area contributed by atoms with Gasteiger partial charge in [-0.1, -0.05) is 36.4 Å². The predicted octanol–water partition coefficient (Wildman–Crippen LogP) is 5.96. The van der Waals surface area contributed by atoms with Crippen molar-refractivity contribution in [2.75, 3.05) is 11.4 Å². The van der Waals surface area contributed by atoms with E-state index in [0.717, 1.165) is 47.3 Å². The van der Waals surface area contributed by atoms with E-state index in [4.69, 9.17) is 4.74 Å². The van der Waals surface area contributed by atoms with Crippen LogP contribution >= 0.6 is 0 Å². The molecule has 0 radical (unpaired) electrons. The van der Waals surface area contributed by atoms with Crippen molar-refractivity contribution < 1.29 is 19.4 Å². The second kappa shape index (κ2) is 9.10. The zero-order valence-corrected chi connectivity index (χ0v) is 19.3. The molecular weight excluding hydrogens is 414 g/mol. The third kappa shape index (κ3) is 5.25. The van der Waals surface area contributed by atoms with Gasteiger partial charge in [0.2, 0.25) is 0 Å². The number of esters is 1. The first-order valence-corrected chi connectivity index (χ1v) is 11.2. The van der Waals surface area contributed by atoms with E-state index in [9.17, 15) is 14.7 Å². The van der Waals surface area contributed by atoms with E-state index in [-0.39, 0.29) is 5.97 Å². The number of carboxylic acid groups (broad SMARTS) is 1. The van der Waals surface area contributed by atoms with Crippen molar-refractivity contribution in [2.45, 2.75) is 45.8 Å². The molecule has 0 bridgehead atoms. The van der Waals surface area contributed by atoms with E-state index in [2.05, 4.69) is 17.0 Å². The number of anilines is 1. The Hall–Kier alpha value is -3.60. The molecule has 1 aliphatic heterocycles. The second-order valence-electron chi connectivity index (χ2n) is 9.42. The number of hydrogen-bond acceptors (Lipinski definition) is 4. The molecule has 0 atom stereocenters. The van der Waals surface area contributed by atoms with E-state index >= 15 is 0 Å². The number of ether oxygens (including phenoxy) is 1. The van der Waals surface area contributed by atoms with Gasteiger partial charge in [0.05, 0.1) is 11.1 Å². The highest BCUT2D eigenvalue weighted by molar-refractivity contribution is 5.97. The monoisotopic (exact) mass is 443 g/mol. The third-order valence-electron chi connectivity index (χ3n) is 5.70. The quantitative estimate of drug-likeness (QED) is 0.493. The lowest BCUT2D eigenvalue weighted by Gasteiger charge is -2.31. The smallest absolute Gasteiger partial charge is 0.339 e. The number of hydrogen-bond donors (Lipinski definition) is 1. The van der Waals surface area contributed by atoms with Crippen molar-refractivity contribution in [1.82, 2.24) is 0 Å². The number of nitrogens with zero attached hydrogens (tertiary/aromatic N) is 1. The van der Waals surface area contributed by atoms with Crippen LogP contribution in [-0.2, 0) is 17.7 Å². The first kappa shape index (κ1) is 22.6. The number of aryl methyl sites for hydroxylation is 1. The highest BCUT2D eigenvalue weighted by Gasteiger charge is 2.22. The molecule has 3 aromatic rings. The minimum atomic E-state index is -0.897. The summed E-state index contributed by atoms with van der Waals surface area (Å²) in [6, 6.07) is 21.1. The molecule has 0 aliphatic carbocycles. The molecule has 0 fully saturated rings. The maximum absolute atomic E-state index is 12.8. The van der Waals surface area contributed by atoms with Crippen LogP contribution in [0.15, 0.2) is 66.7 Å². The van der Waals surface area contributed by atoms with Gasteiger partial charge in [0, 0.05) is 18.8 Å². The second-order valence-corrected chi connectivity index (χ2v) is 9.42. The first-order valence-electron chi connectivity index (χ1n) is 11.2. The standard InChI is InChI=1S/C28H29NO4/c1-28(2,3)33-27(32)24-12-5-4-11-23(24)20-9-6-8-19(16-20)18-29-15-7-10-21-17-22(26(30)31)13-14-25(21)29/h4-6,8-9,11-14,16-17H,7,10,15,18H2,1-3H3,(H,30,31). The Balaban J connectivity index is 1.61. The summed E-state index contributed by atoms with van der Waals surface area (Å²) in [5, 5.41) is 9.30. The summed E-state index contributed by atoms with van der Waals surface area (Å²) in [4.78, 5) is 26.4. The van der Waals surface area contributed by atoms with Gasteiger partial charge in [0.15, 0.2) is 0 Å². The van der Waals surface area contributed by atoms with Crippen LogP contribution < -0.4 is 4.90 Å². The highest BCUT2D eigenvalue weighted by atomic mass is 16.6. The van der Waals surface area contributed by atoms with Crippen LogP contribution in [0.25, 0.3) is 11.1 Å². The van der Waals surface area contributed by atoms with Crippen LogP contribution in [-0.4, -0.2) is 29.2 Å². The van der Waals surface area contributed by atoms with Crippen molar-refractivity contribution in [2.24, 2.45) is 0 Å². The fourth-order valence-corrected chi connectivity index (χ4v) is 4.28. The zero-order chi connectivity index (χ0) is 23.6. The van der Waals surface area contributed by atoms with Crippen molar-refractivity contribution in [3.63, 3.8) is 0 Å². The molecule has 1 N–H and O–H groups in total. The molecule has 1 heterocycles. The van der Waals surface area contributed by atoms with Crippen molar-refractivity contribution in [3.8, 4) is 11.1 Å². The molecule has 5 nitrogen and oxygen atoms in total. The van der Waals surface area contributed by atoms with Gasteiger partial charge in [-0.3, -0.25) is 0 Å². The van der Waals surface area contributed by atoms with Gasteiger partial charge in [-0.15, -0.1) is 0 Å². The molecule has 0 saturated heterocycles. The molecule has 4 rings (SSSR count). The summed E-state index contributed by atoms with van der Waals surface area (Å²) in [6.07, 6.45) is 1.87. The Kier molecular flexibility index (Phi) is 6.23. The molecule has 1 aliphatic rings. The molecule has 3 aromatic carbocycles. The average molecular weight is 444 g/mol. The lowest BCUT2D eigenvalue weighted by Crippen LogP contribution is -2.29. The number of benzene rings is 3. The summed E-state index contributed by atoms with van der Waals surface area (Å²) in [5.41, 5.74) is 5.42. The molecule has 0 amide bonds. The van der Waals surface area contributed by atoms with Crippen molar-refractivity contribution in [3.05, 3.63) is 89.0 Å². The van der Waals surface area contributed by atoms with Crippen LogP contribution in [0.4, 0.5) is 5.69 Å². The molecule has 5 heteroatoms. The predicted molar refractivity (Wildman–Crippen MR) is 130 cm³/mol. The van der Waals surface area contributed by atoms with E-state index in [1.165, 1.54) is 0 Å². The van der Waals surface area contributed by atoms with Crippen LogP contribution in [0.3, 0.4) is 0 Å². The van der Waals surface area contributed by atoms with Crippen LogP contribution in [0.1, 0.15) is 59.0 Å². The minimum absolute atomic E-state index is 0.330. The third-order valence-corrected chi connectivity index (χ3v) is 5.70. The van der Waals surface area contributed by atoms with Crippen LogP contribution in [0.5, 0.6) is 0 Å². The van der Waals surface area contributed by atoms with Crippen LogP contribution in [0, 0.1) is 0 Å². The highest BCUT2D eigenvalue weighted by Crippen LogP contribution is 2.31. The largest absolute Gasteiger partial charge is 0.478 e. The summed E-state index contributed by atoms with van der Waals surface area (Å²) in [7, 11) is 0. The summed E-state index contributed by atoms with van der Waals surface area (Å²) in [6.45, 7) is 7.22. The van der Waals surface area contributed by atoms with Gasteiger partial charge in [-0.25, -0.2) is 9.59 Å². The number of fused-ring (bicyclic) bond motifs is 1. The van der Waals surface area contributed by atoms with E-state index < -0.39 is 11.6 Å². The van der Waals surface area contributed by atoms with Crippen LogP contribution in [0.2, 0.25) is 0 Å². The molecule has 0 saturated carbocycles. The lowest BCUT2D eigenvalue weighted by molar-refractivity contribution is 0.00702. The van der Waals surface area contributed by atoms with Gasteiger partial charge in [0.1, 0.15) is 5.60 Å². The van der Waals surface area contributed by atoms with E-state index in [1.54, 1.807) is 18.2 Å². The SMILES string of the molecule is CC(C)(C)OC(=O)c1ccccc1-c1cccc(CN2CCCc3cc(C(=O)O)ccc32)c1. The van der Waals surface area contributed by atoms with Crippen molar-refractivity contribution >= 4 is 17.6 Å². The topological polar surface area (TPSA) is 66.8 Å². The van der Waals surface area contributed by atoms with Gasteiger partial charge in [-0.2, -0.15) is 0 Å². The van der Waals surface area contributed by atoms with Gasteiger partial charge in [0.25, 0.3) is 0 Å². The van der Waals surface area contributed by atoms with E-state index in [1.807, 2.05) is 57.2 Å². The Bertz CT molecular complexity index is 1190.